The molecule has 0 aliphatic carbocycles. The number of hydrogen-bond donors (Lipinski definition) is 2. The molecule has 1 aliphatic heterocycles. The van der Waals surface area contributed by atoms with Gasteiger partial charge in [-0.1, -0.05) is 6.07 Å². The summed E-state index contributed by atoms with van der Waals surface area (Å²) in [6, 6.07) is 25.0. The highest BCUT2D eigenvalue weighted by molar-refractivity contribution is 7.80. The van der Waals surface area contributed by atoms with Gasteiger partial charge >= 0.3 is 0 Å². The lowest BCUT2D eigenvalue weighted by atomic mass is 10.0. The molecule has 0 unspecified atom stereocenters. The lowest BCUT2D eigenvalue weighted by Crippen LogP contribution is -2.30. The van der Waals surface area contributed by atoms with E-state index in [2.05, 4.69) is 51.0 Å². The summed E-state index contributed by atoms with van der Waals surface area (Å²) in [6.45, 7) is 2.09. The summed E-state index contributed by atoms with van der Waals surface area (Å²) >= 11 is 5.81. The van der Waals surface area contributed by atoms with Crippen molar-refractivity contribution in [3.63, 3.8) is 0 Å². The van der Waals surface area contributed by atoms with Crippen LogP contribution in [-0.4, -0.2) is 26.9 Å². The molecule has 0 amide bonds. The van der Waals surface area contributed by atoms with Gasteiger partial charge in [-0.05, 0) is 91.9 Å². The number of aromatic hydroxyl groups is 1. The number of anilines is 1. The fourth-order valence-electron chi connectivity index (χ4n) is 4.42. The third-order valence-electron chi connectivity index (χ3n) is 5.97. The van der Waals surface area contributed by atoms with Crippen LogP contribution in [0.4, 0.5) is 5.69 Å². The third-order valence-corrected chi connectivity index (χ3v) is 6.28. The Morgan fingerprint density at radius 2 is 1.67 bits per heavy atom. The summed E-state index contributed by atoms with van der Waals surface area (Å²) in [7, 11) is 1.67. The van der Waals surface area contributed by atoms with Crippen molar-refractivity contribution in [2.45, 2.75) is 19.0 Å². The minimum absolute atomic E-state index is 0.154. The van der Waals surface area contributed by atoms with Gasteiger partial charge in [-0.15, -0.1) is 0 Å². The van der Waals surface area contributed by atoms with Crippen molar-refractivity contribution in [1.29, 1.82) is 0 Å². The van der Waals surface area contributed by atoms with Crippen LogP contribution in [0.5, 0.6) is 11.5 Å². The molecule has 6 nitrogen and oxygen atoms in total. The molecule has 0 saturated carbocycles. The Labute approximate surface area is 198 Å². The third kappa shape index (κ3) is 3.81. The summed E-state index contributed by atoms with van der Waals surface area (Å²) in [5, 5.41) is 13.9. The number of benzene rings is 2. The molecule has 0 spiro atoms. The maximum absolute atomic E-state index is 9.83. The number of hydrogen-bond acceptors (Lipinski definition) is 4. The standard InChI is InChI=1S/C26H24N4O2S/c1-17-6-15-23(29(17)18-9-13-21(32-2)14-10-18)25-24(22-5-3-4-16-27-22)28-26(33)30(25)19-7-11-20(31)12-8-19/h3-16,24-25,31H,1-2H3,(H,28,33)/t24-,25+/m0/s1. The van der Waals surface area contributed by atoms with Gasteiger partial charge in [0, 0.05) is 29.0 Å². The van der Waals surface area contributed by atoms with E-state index >= 15 is 0 Å². The van der Waals surface area contributed by atoms with E-state index in [9.17, 15) is 5.11 Å². The van der Waals surface area contributed by atoms with Crippen LogP contribution in [0.1, 0.15) is 29.2 Å². The first kappa shape index (κ1) is 21.0. The van der Waals surface area contributed by atoms with Gasteiger partial charge in [0.05, 0.1) is 18.8 Å². The summed E-state index contributed by atoms with van der Waals surface area (Å²) in [5.41, 5.74) is 5.03. The second-order valence-corrected chi connectivity index (χ2v) is 8.33. The smallest absolute Gasteiger partial charge is 0.174 e. The lowest BCUT2D eigenvalue weighted by molar-refractivity contribution is 0.414. The van der Waals surface area contributed by atoms with Gasteiger partial charge in [-0.3, -0.25) is 4.98 Å². The van der Waals surface area contributed by atoms with Crippen LogP contribution >= 0.6 is 12.2 Å². The van der Waals surface area contributed by atoms with Crippen molar-refractivity contribution >= 4 is 23.0 Å². The number of pyridine rings is 1. The molecule has 2 aromatic carbocycles. The number of aryl methyl sites for hydroxylation is 1. The quantitative estimate of drug-likeness (QED) is 0.409. The SMILES string of the molecule is COc1ccc(-n2c(C)ccc2[C@@H]2[C@H](c3ccccn3)NC(=S)N2c2ccc(O)cc2)cc1. The van der Waals surface area contributed by atoms with E-state index in [1.54, 1.807) is 25.4 Å². The lowest BCUT2D eigenvalue weighted by Gasteiger charge is -2.29. The van der Waals surface area contributed by atoms with Gasteiger partial charge in [0.25, 0.3) is 0 Å². The first-order chi connectivity index (χ1) is 16.1. The van der Waals surface area contributed by atoms with Crippen LogP contribution in [0.3, 0.4) is 0 Å². The van der Waals surface area contributed by atoms with Crippen LogP contribution in [0.2, 0.25) is 0 Å². The number of thiocarbonyl (C=S) groups is 1. The molecule has 1 fully saturated rings. The van der Waals surface area contributed by atoms with Gasteiger partial charge in [0.1, 0.15) is 17.5 Å². The van der Waals surface area contributed by atoms with Crippen molar-refractivity contribution in [1.82, 2.24) is 14.9 Å². The zero-order chi connectivity index (χ0) is 22.9. The highest BCUT2D eigenvalue weighted by atomic mass is 32.1. The molecular formula is C26H24N4O2S. The molecular weight excluding hydrogens is 432 g/mol. The summed E-state index contributed by atoms with van der Waals surface area (Å²) in [5.74, 6) is 1.03. The Balaban J connectivity index is 1.67. The maximum Gasteiger partial charge on any atom is 0.174 e. The highest BCUT2D eigenvalue weighted by Crippen LogP contribution is 2.43. The molecule has 0 radical (unpaired) electrons. The number of phenolic OH excluding ortho intramolecular Hbond substituents is 1. The van der Waals surface area contributed by atoms with Crippen LogP contribution in [0.25, 0.3) is 5.69 Å². The van der Waals surface area contributed by atoms with E-state index in [4.69, 9.17) is 17.0 Å². The molecule has 4 aromatic rings. The molecule has 3 heterocycles. The van der Waals surface area contributed by atoms with E-state index in [-0.39, 0.29) is 17.8 Å². The van der Waals surface area contributed by atoms with Gasteiger partial charge in [0.15, 0.2) is 5.11 Å². The van der Waals surface area contributed by atoms with Crippen molar-refractivity contribution in [2.75, 3.05) is 12.0 Å². The Hall–Kier alpha value is -3.84. The summed E-state index contributed by atoms with van der Waals surface area (Å²) in [4.78, 5) is 6.73. The largest absolute Gasteiger partial charge is 0.508 e. The topological polar surface area (TPSA) is 62.5 Å². The van der Waals surface area contributed by atoms with Crippen LogP contribution < -0.4 is 15.0 Å². The zero-order valence-electron chi connectivity index (χ0n) is 18.3. The Bertz CT molecular complexity index is 1270. The van der Waals surface area contributed by atoms with Crippen molar-refractivity contribution in [2.24, 2.45) is 0 Å². The van der Waals surface area contributed by atoms with Crippen LogP contribution in [0, 0.1) is 6.92 Å². The molecule has 2 atom stereocenters. The Morgan fingerprint density at radius 3 is 2.33 bits per heavy atom. The molecule has 166 valence electrons. The number of rotatable bonds is 5. The first-order valence-electron chi connectivity index (χ1n) is 10.7. The van der Waals surface area contributed by atoms with E-state index in [0.29, 0.717) is 5.11 Å². The highest BCUT2D eigenvalue weighted by Gasteiger charge is 2.42. The zero-order valence-corrected chi connectivity index (χ0v) is 19.2. The van der Waals surface area contributed by atoms with Gasteiger partial charge in [0.2, 0.25) is 0 Å². The molecule has 33 heavy (non-hydrogen) atoms. The van der Waals surface area contributed by atoms with E-state index in [1.165, 1.54) is 0 Å². The number of ether oxygens (including phenoxy) is 1. The van der Waals surface area contributed by atoms with E-state index < -0.39 is 0 Å². The average Bonchev–Trinajstić information content (AvgIpc) is 3.39. The number of nitrogens with zero attached hydrogens (tertiary/aromatic N) is 3. The van der Waals surface area contributed by atoms with Crippen molar-refractivity contribution < 1.29 is 9.84 Å². The number of aromatic nitrogens is 2. The fraction of sp³-hybridized carbons (Fsp3) is 0.154. The van der Waals surface area contributed by atoms with Crippen LogP contribution in [0.15, 0.2) is 85.1 Å². The van der Waals surface area contributed by atoms with Crippen molar-refractivity contribution in [3.05, 3.63) is 102 Å². The van der Waals surface area contributed by atoms with Crippen LogP contribution in [-0.2, 0) is 0 Å². The predicted octanol–water partition coefficient (Wildman–Crippen LogP) is 5.07. The second kappa shape index (κ2) is 8.60. The molecule has 1 aliphatic rings. The minimum atomic E-state index is -0.159. The average molecular weight is 457 g/mol. The minimum Gasteiger partial charge on any atom is -0.508 e. The first-order valence-corrected chi connectivity index (χ1v) is 11.1. The van der Waals surface area contributed by atoms with Gasteiger partial charge in [-0.2, -0.15) is 0 Å². The van der Waals surface area contributed by atoms with E-state index in [0.717, 1.165) is 34.2 Å². The van der Waals surface area contributed by atoms with Gasteiger partial charge < -0.3 is 24.6 Å². The Morgan fingerprint density at radius 1 is 0.939 bits per heavy atom. The number of nitrogens with one attached hydrogen (secondary N) is 1. The normalized spacial score (nSPS) is 17.8. The Kier molecular flexibility index (Phi) is 5.48. The molecule has 5 rings (SSSR count). The summed E-state index contributed by atoms with van der Waals surface area (Å²) in [6.07, 6.45) is 1.80. The monoisotopic (exact) mass is 456 g/mol. The molecule has 2 N–H and O–H groups in total. The molecule has 1 saturated heterocycles. The predicted molar refractivity (Wildman–Crippen MR) is 133 cm³/mol. The molecule has 0 bridgehead atoms. The maximum atomic E-state index is 9.83. The fourth-order valence-corrected chi connectivity index (χ4v) is 4.77. The van der Waals surface area contributed by atoms with Gasteiger partial charge in [-0.25, -0.2) is 0 Å². The van der Waals surface area contributed by atoms with E-state index in [1.807, 2.05) is 42.5 Å². The molecule has 2 aromatic heterocycles. The van der Waals surface area contributed by atoms with Crippen molar-refractivity contribution in [3.8, 4) is 17.2 Å². The summed E-state index contributed by atoms with van der Waals surface area (Å²) < 4.78 is 7.59. The second-order valence-electron chi connectivity index (χ2n) is 7.95. The molecule has 7 heteroatoms. The number of methoxy groups -OCH3 is 1. The number of phenols is 1.